The summed E-state index contributed by atoms with van der Waals surface area (Å²) < 4.78 is 0. The van der Waals surface area contributed by atoms with Crippen LogP contribution in [0.3, 0.4) is 0 Å². The van der Waals surface area contributed by atoms with Gasteiger partial charge in [-0.1, -0.05) is 13.3 Å². The lowest BCUT2D eigenvalue weighted by atomic mass is 9.67. The van der Waals surface area contributed by atoms with Crippen molar-refractivity contribution in [3.05, 3.63) is 16.6 Å². The summed E-state index contributed by atoms with van der Waals surface area (Å²) in [5.74, 6) is 0. The van der Waals surface area contributed by atoms with Crippen molar-refractivity contribution in [2.24, 2.45) is 5.41 Å². The lowest BCUT2D eigenvalue weighted by Crippen LogP contribution is -2.40. The third-order valence-corrected chi connectivity index (χ3v) is 4.73. The SMILES string of the molecule is CCC1(CNC(C)c2nccs2)CCC1. The molecule has 2 nitrogen and oxygen atoms in total. The van der Waals surface area contributed by atoms with Gasteiger partial charge < -0.3 is 5.32 Å². The molecule has 2 rings (SSSR count). The number of hydrogen-bond donors (Lipinski definition) is 1. The van der Waals surface area contributed by atoms with E-state index in [0.29, 0.717) is 11.5 Å². The van der Waals surface area contributed by atoms with Crippen LogP contribution in [-0.4, -0.2) is 11.5 Å². The monoisotopic (exact) mass is 224 g/mol. The zero-order valence-corrected chi connectivity index (χ0v) is 10.4. The molecule has 1 aromatic rings. The Bertz CT molecular complexity index is 285. The Morgan fingerprint density at radius 3 is 2.87 bits per heavy atom. The third kappa shape index (κ3) is 2.40. The van der Waals surface area contributed by atoms with Crippen LogP contribution in [0.25, 0.3) is 0 Å². The molecule has 1 unspecified atom stereocenters. The molecular formula is C12H20N2S. The highest BCUT2D eigenvalue weighted by Gasteiger charge is 2.34. The maximum atomic E-state index is 4.34. The highest BCUT2D eigenvalue weighted by molar-refractivity contribution is 7.09. The third-order valence-electron chi connectivity index (χ3n) is 3.77. The van der Waals surface area contributed by atoms with E-state index in [2.05, 4.69) is 24.1 Å². The summed E-state index contributed by atoms with van der Waals surface area (Å²) in [6, 6.07) is 0.411. The van der Waals surface area contributed by atoms with Crippen molar-refractivity contribution in [1.82, 2.24) is 10.3 Å². The van der Waals surface area contributed by atoms with Crippen LogP contribution in [-0.2, 0) is 0 Å². The van der Waals surface area contributed by atoms with Gasteiger partial charge >= 0.3 is 0 Å². The fourth-order valence-electron chi connectivity index (χ4n) is 2.24. The van der Waals surface area contributed by atoms with Gasteiger partial charge in [-0.3, -0.25) is 0 Å². The standard InChI is InChI=1S/C12H20N2S/c1-3-12(5-4-6-12)9-14-10(2)11-13-7-8-15-11/h7-8,10,14H,3-6,9H2,1-2H3. The Labute approximate surface area is 96.1 Å². The van der Waals surface area contributed by atoms with Gasteiger partial charge in [-0.25, -0.2) is 4.98 Å². The number of hydrogen-bond acceptors (Lipinski definition) is 3. The van der Waals surface area contributed by atoms with Gasteiger partial charge in [0.1, 0.15) is 5.01 Å². The number of aromatic nitrogens is 1. The maximum absolute atomic E-state index is 4.34. The molecular weight excluding hydrogens is 204 g/mol. The summed E-state index contributed by atoms with van der Waals surface area (Å²) in [6.45, 7) is 5.68. The average molecular weight is 224 g/mol. The molecule has 1 atom stereocenters. The van der Waals surface area contributed by atoms with Crippen LogP contribution in [0.15, 0.2) is 11.6 Å². The van der Waals surface area contributed by atoms with E-state index < -0.39 is 0 Å². The molecule has 1 aliphatic carbocycles. The normalized spacial score (nSPS) is 20.9. The Balaban J connectivity index is 1.82. The van der Waals surface area contributed by atoms with Crippen molar-refractivity contribution in [3.8, 4) is 0 Å². The summed E-state index contributed by atoms with van der Waals surface area (Å²) in [5.41, 5.74) is 0.603. The Morgan fingerprint density at radius 1 is 1.60 bits per heavy atom. The predicted octanol–water partition coefficient (Wildman–Crippen LogP) is 3.37. The molecule has 1 aromatic heterocycles. The van der Waals surface area contributed by atoms with Crippen molar-refractivity contribution in [2.75, 3.05) is 6.54 Å². The molecule has 0 aliphatic heterocycles. The minimum Gasteiger partial charge on any atom is -0.308 e. The van der Waals surface area contributed by atoms with Crippen molar-refractivity contribution in [1.29, 1.82) is 0 Å². The van der Waals surface area contributed by atoms with Crippen LogP contribution in [0.1, 0.15) is 50.6 Å². The Kier molecular flexibility index (Phi) is 3.42. The first-order valence-electron chi connectivity index (χ1n) is 5.88. The Morgan fingerprint density at radius 2 is 2.40 bits per heavy atom. The smallest absolute Gasteiger partial charge is 0.109 e. The number of nitrogens with zero attached hydrogens (tertiary/aromatic N) is 1. The predicted molar refractivity (Wildman–Crippen MR) is 65.1 cm³/mol. The van der Waals surface area contributed by atoms with E-state index >= 15 is 0 Å². The molecule has 1 aliphatic rings. The van der Waals surface area contributed by atoms with Crippen LogP contribution in [0.4, 0.5) is 0 Å². The van der Waals surface area contributed by atoms with Gasteiger partial charge in [-0.15, -0.1) is 11.3 Å². The van der Waals surface area contributed by atoms with Crippen molar-refractivity contribution in [3.63, 3.8) is 0 Å². The summed E-state index contributed by atoms with van der Waals surface area (Å²) in [4.78, 5) is 4.34. The van der Waals surface area contributed by atoms with E-state index in [9.17, 15) is 0 Å². The molecule has 0 spiro atoms. The maximum Gasteiger partial charge on any atom is 0.109 e. The van der Waals surface area contributed by atoms with E-state index in [1.165, 1.54) is 30.7 Å². The molecule has 1 heterocycles. The zero-order chi connectivity index (χ0) is 10.7. The van der Waals surface area contributed by atoms with Gasteiger partial charge in [-0.05, 0) is 31.6 Å². The van der Waals surface area contributed by atoms with E-state index in [1.807, 2.05) is 11.6 Å². The van der Waals surface area contributed by atoms with E-state index in [1.54, 1.807) is 11.3 Å². The molecule has 1 saturated carbocycles. The summed E-state index contributed by atoms with van der Waals surface area (Å²) in [7, 11) is 0. The molecule has 0 aromatic carbocycles. The fraction of sp³-hybridized carbons (Fsp3) is 0.750. The molecule has 3 heteroatoms. The number of rotatable bonds is 5. The van der Waals surface area contributed by atoms with Crippen molar-refractivity contribution < 1.29 is 0 Å². The molecule has 84 valence electrons. The molecule has 1 N–H and O–H groups in total. The molecule has 0 amide bonds. The summed E-state index contributed by atoms with van der Waals surface area (Å²) in [6.07, 6.45) is 7.42. The highest BCUT2D eigenvalue weighted by Crippen LogP contribution is 2.43. The van der Waals surface area contributed by atoms with Crippen LogP contribution in [0.2, 0.25) is 0 Å². The highest BCUT2D eigenvalue weighted by atomic mass is 32.1. The average Bonchev–Trinajstić information content (AvgIpc) is 2.69. The van der Waals surface area contributed by atoms with E-state index in [0.717, 1.165) is 6.54 Å². The first kappa shape index (κ1) is 11.1. The van der Waals surface area contributed by atoms with E-state index in [-0.39, 0.29) is 0 Å². The van der Waals surface area contributed by atoms with Crippen LogP contribution < -0.4 is 5.32 Å². The second-order valence-corrected chi connectivity index (χ2v) is 5.61. The minimum atomic E-state index is 0.411. The van der Waals surface area contributed by atoms with Gasteiger partial charge in [0, 0.05) is 18.1 Å². The molecule has 0 radical (unpaired) electrons. The largest absolute Gasteiger partial charge is 0.308 e. The second kappa shape index (κ2) is 4.62. The first-order chi connectivity index (χ1) is 7.26. The minimum absolute atomic E-state index is 0.411. The molecule has 0 saturated heterocycles. The first-order valence-corrected chi connectivity index (χ1v) is 6.76. The molecule has 0 bridgehead atoms. The summed E-state index contributed by atoms with van der Waals surface area (Å²) in [5, 5.41) is 6.88. The Hall–Kier alpha value is -0.410. The van der Waals surface area contributed by atoms with Crippen LogP contribution >= 0.6 is 11.3 Å². The van der Waals surface area contributed by atoms with Gasteiger partial charge in [-0.2, -0.15) is 0 Å². The van der Waals surface area contributed by atoms with Gasteiger partial charge in [0.2, 0.25) is 0 Å². The van der Waals surface area contributed by atoms with E-state index in [4.69, 9.17) is 0 Å². The second-order valence-electron chi connectivity index (χ2n) is 4.68. The fourth-order valence-corrected chi connectivity index (χ4v) is 2.91. The molecule has 1 fully saturated rings. The van der Waals surface area contributed by atoms with Crippen LogP contribution in [0.5, 0.6) is 0 Å². The summed E-state index contributed by atoms with van der Waals surface area (Å²) >= 11 is 1.74. The quantitative estimate of drug-likeness (QED) is 0.829. The van der Waals surface area contributed by atoms with Gasteiger partial charge in [0.25, 0.3) is 0 Å². The number of thiazole rings is 1. The van der Waals surface area contributed by atoms with Crippen molar-refractivity contribution in [2.45, 2.75) is 45.6 Å². The zero-order valence-electron chi connectivity index (χ0n) is 9.62. The molecule has 15 heavy (non-hydrogen) atoms. The topological polar surface area (TPSA) is 24.9 Å². The van der Waals surface area contributed by atoms with Gasteiger partial charge in [0.15, 0.2) is 0 Å². The number of nitrogens with one attached hydrogen (secondary N) is 1. The van der Waals surface area contributed by atoms with Crippen molar-refractivity contribution >= 4 is 11.3 Å². The van der Waals surface area contributed by atoms with Gasteiger partial charge in [0.05, 0.1) is 6.04 Å². The van der Waals surface area contributed by atoms with Crippen LogP contribution in [0, 0.1) is 5.41 Å². The lowest BCUT2D eigenvalue weighted by Gasteiger charge is -2.42. The lowest BCUT2D eigenvalue weighted by molar-refractivity contribution is 0.120.